The summed E-state index contributed by atoms with van der Waals surface area (Å²) in [5.74, 6) is -0.792. The van der Waals surface area contributed by atoms with Crippen LogP contribution in [-0.2, 0) is 14.6 Å². The molecule has 0 aliphatic carbocycles. The zero-order valence-corrected chi connectivity index (χ0v) is 16.0. The number of benzene rings is 1. The molecule has 0 saturated heterocycles. The first kappa shape index (κ1) is 21.2. The van der Waals surface area contributed by atoms with E-state index in [4.69, 9.17) is 0 Å². The minimum absolute atomic E-state index is 0.121. The van der Waals surface area contributed by atoms with Gasteiger partial charge in [0.15, 0.2) is 9.84 Å². The molecule has 0 spiro atoms. The zero-order valence-electron chi connectivity index (χ0n) is 15.2. The molecule has 1 aromatic carbocycles. The number of nitrogens with one attached hydrogen (secondary N) is 2. The summed E-state index contributed by atoms with van der Waals surface area (Å²) in [7, 11) is -3.30. The molecule has 0 saturated carbocycles. The van der Waals surface area contributed by atoms with Gasteiger partial charge in [0.1, 0.15) is 0 Å². The first-order chi connectivity index (χ1) is 11.8. The number of rotatable bonds is 9. The molecule has 1 rings (SSSR count). The van der Waals surface area contributed by atoms with E-state index in [-0.39, 0.29) is 22.3 Å². The van der Waals surface area contributed by atoms with E-state index >= 15 is 0 Å². The number of carbonyl (C=O) groups is 2. The second-order valence-electron chi connectivity index (χ2n) is 6.19. The van der Waals surface area contributed by atoms with Gasteiger partial charge in [-0.1, -0.05) is 39.5 Å². The van der Waals surface area contributed by atoms with Crippen LogP contribution in [0.5, 0.6) is 0 Å². The van der Waals surface area contributed by atoms with Crippen LogP contribution < -0.4 is 10.9 Å². The minimum atomic E-state index is -3.30. The molecule has 1 unspecified atom stereocenters. The van der Waals surface area contributed by atoms with E-state index in [2.05, 4.69) is 17.8 Å². The summed E-state index contributed by atoms with van der Waals surface area (Å²) in [5, 5.41) is 0. The normalized spacial score (nSPS) is 12.4. The van der Waals surface area contributed by atoms with E-state index in [9.17, 15) is 18.0 Å². The molecular formula is C18H28N2O4S. The number of unbranched alkanes of at least 4 members (excludes halogenated alkanes) is 3. The number of carbonyl (C=O) groups excluding carboxylic acids is 2. The Labute approximate surface area is 150 Å². The quantitative estimate of drug-likeness (QED) is 0.518. The molecule has 6 nitrogen and oxygen atoms in total. The molecule has 0 fully saturated rings. The van der Waals surface area contributed by atoms with Crippen molar-refractivity contribution < 1.29 is 18.0 Å². The van der Waals surface area contributed by atoms with Gasteiger partial charge in [0, 0.05) is 17.7 Å². The van der Waals surface area contributed by atoms with Crippen LogP contribution in [0.2, 0.25) is 0 Å². The summed E-state index contributed by atoms with van der Waals surface area (Å²) in [6, 6.07) is 5.57. The summed E-state index contributed by atoms with van der Waals surface area (Å²) < 4.78 is 22.8. The molecule has 1 aromatic rings. The van der Waals surface area contributed by atoms with Crippen LogP contribution in [0.1, 0.15) is 62.7 Å². The summed E-state index contributed by atoms with van der Waals surface area (Å²) in [6.07, 6.45) is 7.06. The molecule has 0 aliphatic rings. The molecular weight excluding hydrogens is 340 g/mol. The number of hydrazine groups is 1. The van der Waals surface area contributed by atoms with Crippen molar-refractivity contribution in [3.05, 3.63) is 29.8 Å². The van der Waals surface area contributed by atoms with Crippen LogP contribution in [0.25, 0.3) is 0 Å². The third kappa shape index (κ3) is 7.25. The fourth-order valence-corrected chi connectivity index (χ4v) is 3.11. The predicted molar refractivity (Wildman–Crippen MR) is 97.7 cm³/mol. The Kier molecular flexibility index (Phi) is 8.61. The van der Waals surface area contributed by atoms with Crippen LogP contribution in [-0.4, -0.2) is 26.5 Å². The van der Waals surface area contributed by atoms with Crippen molar-refractivity contribution in [1.29, 1.82) is 0 Å². The lowest BCUT2D eigenvalue weighted by Gasteiger charge is -2.15. The molecule has 140 valence electrons. The highest BCUT2D eigenvalue weighted by Gasteiger charge is 2.17. The Hall–Kier alpha value is -1.89. The average molecular weight is 368 g/mol. The SMILES string of the molecule is CCCCCCC(CC)C(=O)NNC(=O)c1ccc(S(C)(=O)=O)cc1. The van der Waals surface area contributed by atoms with Crippen molar-refractivity contribution in [3.63, 3.8) is 0 Å². The molecule has 0 radical (unpaired) electrons. The maximum atomic E-state index is 12.2. The maximum Gasteiger partial charge on any atom is 0.269 e. The van der Waals surface area contributed by atoms with Gasteiger partial charge in [-0.05, 0) is 37.1 Å². The third-order valence-corrected chi connectivity index (χ3v) is 5.24. The smallest absolute Gasteiger partial charge is 0.269 e. The van der Waals surface area contributed by atoms with Gasteiger partial charge < -0.3 is 0 Å². The van der Waals surface area contributed by atoms with Crippen LogP contribution in [0, 0.1) is 5.92 Å². The Morgan fingerprint density at radius 2 is 1.64 bits per heavy atom. The minimum Gasteiger partial charge on any atom is -0.273 e. The summed E-state index contributed by atoms with van der Waals surface area (Å²) in [5.41, 5.74) is 5.13. The van der Waals surface area contributed by atoms with Gasteiger partial charge in [-0.25, -0.2) is 8.42 Å². The fraction of sp³-hybridized carbons (Fsp3) is 0.556. The van der Waals surface area contributed by atoms with Crippen molar-refractivity contribution in [2.45, 2.75) is 57.3 Å². The largest absolute Gasteiger partial charge is 0.273 e. The molecule has 2 amide bonds. The average Bonchev–Trinajstić information content (AvgIpc) is 2.59. The van der Waals surface area contributed by atoms with Crippen molar-refractivity contribution in [2.24, 2.45) is 5.92 Å². The molecule has 0 aliphatic heterocycles. The van der Waals surface area contributed by atoms with Gasteiger partial charge in [0.25, 0.3) is 5.91 Å². The summed E-state index contributed by atoms with van der Waals surface area (Å²) >= 11 is 0. The number of hydrogen-bond acceptors (Lipinski definition) is 4. The van der Waals surface area contributed by atoms with E-state index in [1.165, 1.54) is 24.3 Å². The molecule has 0 heterocycles. The third-order valence-electron chi connectivity index (χ3n) is 4.11. The van der Waals surface area contributed by atoms with Crippen LogP contribution in [0.3, 0.4) is 0 Å². The summed E-state index contributed by atoms with van der Waals surface area (Å²) in [4.78, 5) is 24.3. The first-order valence-electron chi connectivity index (χ1n) is 8.69. The monoisotopic (exact) mass is 368 g/mol. The maximum absolute atomic E-state index is 12.2. The Morgan fingerprint density at radius 1 is 1.00 bits per heavy atom. The van der Waals surface area contributed by atoms with Crippen molar-refractivity contribution in [1.82, 2.24) is 10.9 Å². The number of sulfone groups is 1. The van der Waals surface area contributed by atoms with Gasteiger partial charge in [-0.3, -0.25) is 20.4 Å². The standard InChI is InChI=1S/C18H28N2O4S/c1-4-6-7-8-9-14(5-2)17(21)19-20-18(22)15-10-12-16(13-11-15)25(3,23)24/h10-14H,4-9H2,1-3H3,(H,19,21)(H,20,22). The Bertz CT molecular complexity index is 669. The van der Waals surface area contributed by atoms with Crippen LogP contribution in [0.4, 0.5) is 0 Å². The lowest BCUT2D eigenvalue weighted by atomic mass is 9.97. The van der Waals surface area contributed by atoms with Gasteiger partial charge in [0.2, 0.25) is 5.91 Å². The van der Waals surface area contributed by atoms with E-state index in [1.807, 2.05) is 6.92 Å². The van der Waals surface area contributed by atoms with E-state index in [0.717, 1.165) is 44.8 Å². The molecule has 25 heavy (non-hydrogen) atoms. The second-order valence-corrected chi connectivity index (χ2v) is 8.21. The zero-order chi connectivity index (χ0) is 18.9. The highest BCUT2D eigenvalue weighted by Crippen LogP contribution is 2.14. The molecule has 1 atom stereocenters. The Morgan fingerprint density at radius 3 is 2.16 bits per heavy atom. The molecule has 7 heteroatoms. The molecule has 0 bridgehead atoms. The van der Waals surface area contributed by atoms with Gasteiger partial charge >= 0.3 is 0 Å². The predicted octanol–water partition coefficient (Wildman–Crippen LogP) is 2.85. The molecule has 2 N–H and O–H groups in total. The lowest BCUT2D eigenvalue weighted by Crippen LogP contribution is -2.44. The van der Waals surface area contributed by atoms with Crippen LogP contribution in [0.15, 0.2) is 29.2 Å². The first-order valence-corrected chi connectivity index (χ1v) is 10.6. The Balaban J connectivity index is 2.52. The van der Waals surface area contributed by atoms with Crippen LogP contribution >= 0.6 is 0 Å². The van der Waals surface area contributed by atoms with Crippen molar-refractivity contribution in [3.8, 4) is 0 Å². The fourth-order valence-electron chi connectivity index (χ4n) is 2.48. The highest BCUT2D eigenvalue weighted by molar-refractivity contribution is 7.90. The van der Waals surface area contributed by atoms with Crippen molar-refractivity contribution in [2.75, 3.05) is 6.26 Å². The van der Waals surface area contributed by atoms with Gasteiger partial charge in [-0.15, -0.1) is 0 Å². The van der Waals surface area contributed by atoms with Crippen molar-refractivity contribution >= 4 is 21.7 Å². The topological polar surface area (TPSA) is 92.3 Å². The van der Waals surface area contributed by atoms with E-state index in [1.54, 1.807) is 0 Å². The lowest BCUT2D eigenvalue weighted by molar-refractivity contribution is -0.126. The number of amides is 2. The van der Waals surface area contributed by atoms with Gasteiger partial charge in [0.05, 0.1) is 4.90 Å². The van der Waals surface area contributed by atoms with E-state index < -0.39 is 15.7 Å². The number of hydrogen-bond donors (Lipinski definition) is 2. The summed E-state index contributed by atoms with van der Waals surface area (Å²) in [6.45, 7) is 4.10. The van der Waals surface area contributed by atoms with E-state index in [0.29, 0.717) is 0 Å². The highest BCUT2D eigenvalue weighted by atomic mass is 32.2. The van der Waals surface area contributed by atoms with Gasteiger partial charge in [-0.2, -0.15) is 0 Å². The second kappa shape index (κ2) is 10.2. The molecule has 0 aromatic heterocycles.